The molecule has 15 aromatic rings. The first-order valence-corrected chi connectivity index (χ1v) is 24.7. The Labute approximate surface area is 419 Å². The second-order valence-corrected chi connectivity index (χ2v) is 18.7. The smallest absolute Gasteiger partial charge is 0.238 e. The standard InChI is InChI=1S/C67H41N5O/c1-3-19-42(20-4-1)45-25-17-26-46(39-45)65-68-66(56-32-10-9-28-49(56)43-21-5-2-6-22-43)70-67(69-65)72-60-35-15-12-30-52(60)55-38-37-54-51-29-11-14-34-59(51)71(62(54)63(55)72)47-40-57(50-33-18-24-44-23-7-8-27-48(44)50)64-58(41-47)53-31-13-16-36-61(53)73-64/h1-41H. The predicted octanol–water partition coefficient (Wildman–Crippen LogP) is 17.5. The highest BCUT2D eigenvalue weighted by Gasteiger charge is 2.26. The van der Waals surface area contributed by atoms with Crippen LogP contribution in [0.1, 0.15) is 0 Å². The molecule has 0 aliphatic heterocycles. The Morgan fingerprint density at radius 3 is 1.63 bits per heavy atom. The zero-order valence-electron chi connectivity index (χ0n) is 39.3. The van der Waals surface area contributed by atoms with Crippen molar-refractivity contribution in [2.24, 2.45) is 0 Å². The van der Waals surface area contributed by atoms with E-state index in [-0.39, 0.29) is 0 Å². The fraction of sp³-hybridized carbons (Fsp3) is 0. The highest BCUT2D eigenvalue weighted by atomic mass is 16.3. The van der Waals surface area contributed by atoms with Gasteiger partial charge in [-0.3, -0.25) is 4.57 Å². The summed E-state index contributed by atoms with van der Waals surface area (Å²) in [4.78, 5) is 16.5. The molecule has 0 aliphatic rings. The van der Waals surface area contributed by atoms with Gasteiger partial charge in [0.15, 0.2) is 11.6 Å². The molecule has 0 aliphatic carbocycles. The van der Waals surface area contributed by atoms with Crippen LogP contribution in [0.25, 0.3) is 144 Å². The number of nitrogens with zero attached hydrogens (tertiary/aromatic N) is 5. The fourth-order valence-electron chi connectivity index (χ4n) is 11.3. The number of furan rings is 1. The van der Waals surface area contributed by atoms with Crippen LogP contribution in [-0.4, -0.2) is 24.1 Å². The van der Waals surface area contributed by atoms with E-state index < -0.39 is 0 Å². The van der Waals surface area contributed by atoms with Gasteiger partial charge < -0.3 is 8.98 Å². The number of hydrogen-bond acceptors (Lipinski definition) is 4. The molecule has 340 valence electrons. The Hall–Kier alpha value is -9.91. The van der Waals surface area contributed by atoms with Crippen molar-refractivity contribution < 1.29 is 4.42 Å². The van der Waals surface area contributed by atoms with Gasteiger partial charge in [-0.15, -0.1) is 0 Å². The maximum Gasteiger partial charge on any atom is 0.238 e. The van der Waals surface area contributed by atoms with E-state index >= 15 is 0 Å². The van der Waals surface area contributed by atoms with Crippen LogP contribution in [0.5, 0.6) is 0 Å². The third-order valence-electron chi connectivity index (χ3n) is 14.6. The molecule has 0 unspecified atom stereocenters. The maximum absolute atomic E-state index is 6.85. The van der Waals surface area contributed by atoms with E-state index in [0.29, 0.717) is 17.6 Å². The molecule has 0 atom stereocenters. The lowest BCUT2D eigenvalue weighted by Gasteiger charge is -2.16. The van der Waals surface area contributed by atoms with Gasteiger partial charge in [0.05, 0.1) is 22.1 Å². The lowest BCUT2D eigenvalue weighted by atomic mass is 9.96. The molecular formula is C67H41N5O. The van der Waals surface area contributed by atoms with E-state index in [2.05, 4.69) is 240 Å². The summed E-state index contributed by atoms with van der Waals surface area (Å²) in [5, 5.41) is 8.92. The summed E-state index contributed by atoms with van der Waals surface area (Å²) in [5.41, 5.74) is 15.1. The molecule has 6 nitrogen and oxygen atoms in total. The van der Waals surface area contributed by atoms with Gasteiger partial charge in [-0.1, -0.05) is 212 Å². The van der Waals surface area contributed by atoms with Crippen molar-refractivity contribution in [3.8, 4) is 67.8 Å². The van der Waals surface area contributed by atoms with Gasteiger partial charge in [-0.2, -0.15) is 9.97 Å². The Bertz CT molecular complexity index is 4670. The van der Waals surface area contributed by atoms with Crippen LogP contribution in [0.4, 0.5) is 0 Å². The Morgan fingerprint density at radius 1 is 0.301 bits per heavy atom. The maximum atomic E-state index is 6.85. The van der Waals surface area contributed by atoms with Crippen LogP contribution in [0, 0.1) is 0 Å². The number of benzene rings is 11. The first-order valence-electron chi connectivity index (χ1n) is 24.7. The lowest BCUT2D eigenvalue weighted by Crippen LogP contribution is -2.07. The zero-order valence-corrected chi connectivity index (χ0v) is 39.3. The molecule has 0 saturated carbocycles. The topological polar surface area (TPSA) is 61.7 Å². The van der Waals surface area contributed by atoms with Crippen LogP contribution in [0.3, 0.4) is 0 Å². The molecule has 73 heavy (non-hydrogen) atoms. The normalized spacial score (nSPS) is 11.8. The summed E-state index contributed by atoms with van der Waals surface area (Å²) in [7, 11) is 0. The molecule has 4 aromatic heterocycles. The number of rotatable bonds is 7. The van der Waals surface area contributed by atoms with Crippen LogP contribution >= 0.6 is 0 Å². The molecule has 0 saturated heterocycles. The lowest BCUT2D eigenvalue weighted by molar-refractivity contribution is 0.670. The van der Waals surface area contributed by atoms with Gasteiger partial charge in [0.1, 0.15) is 11.2 Å². The first kappa shape index (κ1) is 40.9. The van der Waals surface area contributed by atoms with E-state index in [1.165, 1.54) is 10.8 Å². The Balaban J connectivity index is 1.07. The summed E-state index contributed by atoms with van der Waals surface area (Å²) in [6.07, 6.45) is 0. The minimum Gasteiger partial charge on any atom is -0.455 e. The molecule has 0 N–H and O–H groups in total. The average molecular weight is 932 g/mol. The van der Waals surface area contributed by atoms with Crippen molar-refractivity contribution in [1.82, 2.24) is 24.1 Å². The number of aromatic nitrogens is 5. The number of hydrogen-bond donors (Lipinski definition) is 0. The van der Waals surface area contributed by atoms with Crippen LogP contribution < -0.4 is 0 Å². The van der Waals surface area contributed by atoms with Crippen molar-refractivity contribution in [2.45, 2.75) is 0 Å². The van der Waals surface area contributed by atoms with Gasteiger partial charge in [-0.25, -0.2) is 4.98 Å². The SMILES string of the molecule is c1ccc(-c2cccc(-c3nc(-c4ccccc4-c4ccccc4)nc(-n4c5ccccc5c5ccc6c7ccccc7n(-c7cc(-c8cccc9ccccc89)c8oc9ccccc9c8c7)c6c54)n3)c2)cc1. The first-order chi connectivity index (χ1) is 36.2. The van der Waals surface area contributed by atoms with Crippen molar-refractivity contribution in [3.05, 3.63) is 249 Å². The van der Waals surface area contributed by atoms with Crippen molar-refractivity contribution in [2.75, 3.05) is 0 Å². The minimum absolute atomic E-state index is 0.524. The van der Waals surface area contributed by atoms with E-state index in [9.17, 15) is 0 Å². The molecule has 0 spiro atoms. The second-order valence-electron chi connectivity index (χ2n) is 18.7. The summed E-state index contributed by atoms with van der Waals surface area (Å²) in [6.45, 7) is 0. The Kier molecular flexibility index (Phi) is 9.16. The highest BCUT2D eigenvalue weighted by Crippen LogP contribution is 2.45. The van der Waals surface area contributed by atoms with Gasteiger partial charge in [0, 0.05) is 54.7 Å². The van der Waals surface area contributed by atoms with E-state index in [1.54, 1.807) is 0 Å². The van der Waals surface area contributed by atoms with Gasteiger partial charge in [-0.05, 0) is 75.0 Å². The molecule has 15 rings (SSSR count). The second kappa shape index (κ2) is 16.3. The summed E-state index contributed by atoms with van der Waals surface area (Å²) < 4.78 is 11.6. The minimum atomic E-state index is 0.524. The van der Waals surface area contributed by atoms with Gasteiger partial charge in [0.25, 0.3) is 0 Å². The van der Waals surface area contributed by atoms with Crippen LogP contribution in [0.15, 0.2) is 253 Å². The molecule has 0 amide bonds. The van der Waals surface area contributed by atoms with Gasteiger partial charge >= 0.3 is 0 Å². The van der Waals surface area contributed by atoms with E-state index in [0.717, 1.165) is 116 Å². The molecule has 0 radical (unpaired) electrons. The average Bonchev–Trinajstić information content (AvgIpc) is 4.16. The highest BCUT2D eigenvalue weighted by molar-refractivity contribution is 6.24. The van der Waals surface area contributed by atoms with Gasteiger partial charge in [0.2, 0.25) is 5.95 Å². The summed E-state index contributed by atoms with van der Waals surface area (Å²) in [5.74, 6) is 1.69. The quantitative estimate of drug-likeness (QED) is 0.160. The third-order valence-corrected chi connectivity index (χ3v) is 14.6. The van der Waals surface area contributed by atoms with Crippen molar-refractivity contribution in [1.29, 1.82) is 0 Å². The fourth-order valence-corrected chi connectivity index (χ4v) is 11.3. The van der Waals surface area contributed by atoms with E-state index in [4.69, 9.17) is 19.4 Å². The molecule has 11 aromatic carbocycles. The Morgan fingerprint density at radius 2 is 0.849 bits per heavy atom. The molecule has 4 heterocycles. The monoisotopic (exact) mass is 931 g/mol. The third kappa shape index (κ3) is 6.47. The summed E-state index contributed by atoms with van der Waals surface area (Å²) in [6, 6.07) is 88.0. The number of para-hydroxylation sites is 3. The van der Waals surface area contributed by atoms with Crippen LogP contribution in [0.2, 0.25) is 0 Å². The predicted molar refractivity (Wildman–Crippen MR) is 300 cm³/mol. The largest absolute Gasteiger partial charge is 0.455 e. The van der Waals surface area contributed by atoms with Crippen LogP contribution in [-0.2, 0) is 0 Å². The molecule has 6 heteroatoms. The van der Waals surface area contributed by atoms with Crippen molar-refractivity contribution >= 4 is 76.3 Å². The number of fused-ring (bicyclic) bond motifs is 11. The van der Waals surface area contributed by atoms with Crippen molar-refractivity contribution in [3.63, 3.8) is 0 Å². The molecule has 0 bridgehead atoms. The van der Waals surface area contributed by atoms with E-state index in [1.807, 2.05) is 18.2 Å². The molecular weight excluding hydrogens is 891 g/mol. The zero-order chi connectivity index (χ0) is 48.0. The molecule has 0 fully saturated rings. The summed E-state index contributed by atoms with van der Waals surface area (Å²) >= 11 is 0.